The summed E-state index contributed by atoms with van der Waals surface area (Å²) in [4.78, 5) is 16.4. The van der Waals surface area contributed by atoms with Crippen LogP contribution in [0.5, 0.6) is 0 Å². The van der Waals surface area contributed by atoms with Crippen molar-refractivity contribution in [1.29, 1.82) is 0 Å². The van der Waals surface area contributed by atoms with Gasteiger partial charge in [-0.25, -0.2) is 4.39 Å². The molecular weight excluding hydrogens is 293 g/mol. The molecule has 0 bridgehead atoms. The molecule has 1 amide bonds. The molecule has 23 heavy (non-hydrogen) atoms. The number of carbonyl (C=O) groups is 1. The van der Waals surface area contributed by atoms with Gasteiger partial charge >= 0.3 is 0 Å². The molecule has 1 saturated carbocycles. The predicted molar refractivity (Wildman–Crippen MR) is 90.2 cm³/mol. The number of hydrogen-bond donors (Lipinski definition) is 1. The second-order valence-corrected chi connectivity index (χ2v) is 6.85. The number of benzene rings is 1. The molecule has 1 aromatic rings. The first-order valence-corrected chi connectivity index (χ1v) is 8.63. The van der Waals surface area contributed by atoms with Crippen molar-refractivity contribution in [3.63, 3.8) is 0 Å². The van der Waals surface area contributed by atoms with Crippen molar-refractivity contribution in [3.05, 3.63) is 29.6 Å². The molecule has 1 aliphatic carbocycles. The van der Waals surface area contributed by atoms with Gasteiger partial charge in [-0.05, 0) is 56.7 Å². The van der Waals surface area contributed by atoms with Gasteiger partial charge in [0.2, 0.25) is 0 Å². The molecule has 2 aliphatic rings. The monoisotopic (exact) mass is 319 g/mol. The summed E-state index contributed by atoms with van der Waals surface area (Å²) in [7, 11) is 1.82. The molecule has 1 heterocycles. The number of amides is 1. The van der Waals surface area contributed by atoms with Crippen LogP contribution < -0.4 is 10.6 Å². The average molecular weight is 319 g/mol. The molecule has 2 fully saturated rings. The number of nitrogens with zero attached hydrogens (tertiary/aromatic N) is 2. The SMILES string of the molecule is CN(C(=O)c1ccc(N2CCCC2)c(F)c1)C1CCC(N)CC1. The van der Waals surface area contributed by atoms with Crippen LogP contribution >= 0.6 is 0 Å². The lowest BCUT2D eigenvalue weighted by atomic mass is 9.90. The van der Waals surface area contributed by atoms with E-state index in [0.29, 0.717) is 11.3 Å². The third kappa shape index (κ3) is 3.50. The van der Waals surface area contributed by atoms with E-state index in [-0.39, 0.29) is 23.8 Å². The Hall–Kier alpha value is -1.62. The van der Waals surface area contributed by atoms with Crippen molar-refractivity contribution in [2.24, 2.45) is 5.73 Å². The molecule has 0 spiro atoms. The fourth-order valence-corrected chi connectivity index (χ4v) is 3.71. The van der Waals surface area contributed by atoms with Crippen molar-refractivity contribution < 1.29 is 9.18 Å². The Bertz CT molecular complexity index is 563. The van der Waals surface area contributed by atoms with E-state index in [1.54, 1.807) is 17.0 Å². The first kappa shape index (κ1) is 16.2. The van der Waals surface area contributed by atoms with E-state index >= 15 is 0 Å². The molecule has 4 nitrogen and oxygen atoms in total. The van der Waals surface area contributed by atoms with E-state index in [0.717, 1.165) is 51.6 Å². The first-order valence-electron chi connectivity index (χ1n) is 8.63. The van der Waals surface area contributed by atoms with Gasteiger partial charge in [-0.1, -0.05) is 0 Å². The molecule has 5 heteroatoms. The van der Waals surface area contributed by atoms with Gasteiger partial charge < -0.3 is 15.5 Å². The molecule has 1 saturated heterocycles. The van der Waals surface area contributed by atoms with E-state index in [4.69, 9.17) is 5.73 Å². The smallest absolute Gasteiger partial charge is 0.253 e. The zero-order valence-corrected chi connectivity index (χ0v) is 13.8. The summed E-state index contributed by atoms with van der Waals surface area (Å²) in [5.74, 6) is -0.394. The number of hydrogen-bond acceptors (Lipinski definition) is 3. The molecule has 0 radical (unpaired) electrons. The Morgan fingerprint density at radius 1 is 1.22 bits per heavy atom. The van der Waals surface area contributed by atoms with Crippen molar-refractivity contribution in [2.75, 3.05) is 25.0 Å². The van der Waals surface area contributed by atoms with Crippen LogP contribution in [0.3, 0.4) is 0 Å². The minimum Gasteiger partial charge on any atom is -0.369 e. The zero-order chi connectivity index (χ0) is 16.4. The normalized spacial score (nSPS) is 24.7. The van der Waals surface area contributed by atoms with E-state index in [2.05, 4.69) is 4.90 Å². The maximum atomic E-state index is 14.4. The molecule has 3 rings (SSSR count). The summed E-state index contributed by atoms with van der Waals surface area (Å²) >= 11 is 0. The second kappa shape index (κ2) is 6.87. The van der Waals surface area contributed by atoms with Crippen LogP contribution in [0.25, 0.3) is 0 Å². The topological polar surface area (TPSA) is 49.6 Å². The molecule has 1 aromatic carbocycles. The van der Waals surface area contributed by atoms with Gasteiger partial charge in [-0.3, -0.25) is 4.79 Å². The minimum atomic E-state index is -0.295. The summed E-state index contributed by atoms with van der Waals surface area (Å²) in [5.41, 5.74) is 6.97. The van der Waals surface area contributed by atoms with Crippen LogP contribution in [0.1, 0.15) is 48.9 Å². The highest BCUT2D eigenvalue weighted by Gasteiger charge is 2.26. The number of anilines is 1. The quantitative estimate of drug-likeness (QED) is 0.932. The Morgan fingerprint density at radius 3 is 2.48 bits per heavy atom. The lowest BCUT2D eigenvalue weighted by Gasteiger charge is -2.33. The third-order valence-electron chi connectivity index (χ3n) is 5.25. The summed E-state index contributed by atoms with van der Waals surface area (Å²) in [6, 6.07) is 5.36. The van der Waals surface area contributed by atoms with Gasteiger partial charge in [0.25, 0.3) is 5.91 Å². The highest BCUT2D eigenvalue weighted by molar-refractivity contribution is 5.94. The predicted octanol–water partition coefficient (Wildman–Crippen LogP) is 2.77. The summed E-state index contributed by atoms with van der Waals surface area (Å²) in [5, 5.41) is 0. The van der Waals surface area contributed by atoms with E-state index in [1.807, 2.05) is 7.05 Å². The van der Waals surface area contributed by atoms with Crippen molar-refractivity contribution in [1.82, 2.24) is 4.90 Å². The lowest BCUT2D eigenvalue weighted by Crippen LogP contribution is -2.41. The third-order valence-corrected chi connectivity index (χ3v) is 5.25. The molecule has 2 N–H and O–H groups in total. The molecular formula is C18H26FN3O. The highest BCUT2D eigenvalue weighted by Crippen LogP contribution is 2.26. The van der Waals surface area contributed by atoms with Gasteiger partial charge in [-0.15, -0.1) is 0 Å². The fraction of sp³-hybridized carbons (Fsp3) is 0.611. The zero-order valence-electron chi connectivity index (χ0n) is 13.8. The van der Waals surface area contributed by atoms with Crippen LogP contribution in [0, 0.1) is 5.82 Å². The number of carbonyl (C=O) groups excluding carboxylic acids is 1. The summed E-state index contributed by atoms with van der Waals surface area (Å²) in [6.07, 6.45) is 5.96. The minimum absolute atomic E-state index is 0.0997. The van der Waals surface area contributed by atoms with Gasteiger partial charge in [0.1, 0.15) is 5.82 Å². The first-order chi connectivity index (χ1) is 11.1. The summed E-state index contributed by atoms with van der Waals surface area (Å²) < 4.78 is 14.4. The molecule has 0 aromatic heterocycles. The van der Waals surface area contributed by atoms with E-state index in [1.165, 1.54) is 6.07 Å². The Balaban J connectivity index is 1.70. The molecule has 0 atom stereocenters. The molecule has 0 unspecified atom stereocenters. The van der Waals surface area contributed by atoms with Crippen LogP contribution in [0.2, 0.25) is 0 Å². The van der Waals surface area contributed by atoms with Crippen LogP contribution in [0.15, 0.2) is 18.2 Å². The van der Waals surface area contributed by atoms with Crippen LogP contribution in [0.4, 0.5) is 10.1 Å². The summed E-state index contributed by atoms with van der Waals surface area (Å²) in [6.45, 7) is 1.79. The van der Waals surface area contributed by atoms with Crippen LogP contribution in [-0.2, 0) is 0 Å². The maximum Gasteiger partial charge on any atom is 0.253 e. The Kier molecular flexibility index (Phi) is 4.85. The van der Waals surface area contributed by atoms with Crippen molar-refractivity contribution >= 4 is 11.6 Å². The maximum absolute atomic E-state index is 14.4. The number of halogens is 1. The van der Waals surface area contributed by atoms with Gasteiger partial charge in [0, 0.05) is 37.8 Å². The van der Waals surface area contributed by atoms with Crippen molar-refractivity contribution in [3.8, 4) is 0 Å². The van der Waals surface area contributed by atoms with Crippen molar-refractivity contribution in [2.45, 2.75) is 50.6 Å². The largest absolute Gasteiger partial charge is 0.369 e. The van der Waals surface area contributed by atoms with Crippen LogP contribution in [-0.4, -0.2) is 43.0 Å². The van der Waals surface area contributed by atoms with E-state index < -0.39 is 0 Å². The molecule has 126 valence electrons. The Labute approximate surface area is 137 Å². The Morgan fingerprint density at radius 2 is 1.87 bits per heavy atom. The van der Waals surface area contributed by atoms with Gasteiger partial charge in [0.15, 0.2) is 0 Å². The van der Waals surface area contributed by atoms with Gasteiger partial charge in [-0.2, -0.15) is 0 Å². The number of rotatable bonds is 3. The van der Waals surface area contributed by atoms with E-state index in [9.17, 15) is 9.18 Å². The fourth-order valence-electron chi connectivity index (χ4n) is 3.71. The average Bonchev–Trinajstić information content (AvgIpc) is 3.08. The van der Waals surface area contributed by atoms with Gasteiger partial charge in [0.05, 0.1) is 5.69 Å². The standard InChI is InChI=1S/C18H26FN3O/c1-21(15-7-5-14(20)6-8-15)18(23)13-4-9-17(16(19)12-13)22-10-2-3-11-22/h4,9,12,14-15H,2-3,5-8,10-11,20H2,1H3. The molecule has 1 aliphatic heterocycles. The number of nitrogens with two attached hydrogens (primary N) is 1. The second-order valence-electron chi connectivity index (χ2n) is 6.85. The lowest BCUT2D eigenvalue weighted by molar-refractivity contribution is 0.0689. The highest BCUT2D eigenvalue weighted by atomic mass is 19.1.